The molecule has 19 heavy (non-hydrogen) atoms. The van der Waals surface area contributed by atoms with Gasteiger partial charge in [0.1, 0.15) is 5.56 Å². The van der Waals surface area contributed by atoms with Crippen LogP contribution >= 0.6 is 0 Å². The Kier molecular flexibility index (Phi) is 3.41. The molecule has 6 heteroatoms. The van der Waals surface area contributed by atoms with Crippen LogP contribution in [0.5, 0.6) is 0 Å². The highest BCUT2D eigenvalue weighted by Gasteiger charge is 2.11. The van der Waals surface area contributed by atoms with Crippen molar-refractivity contribution in [3.05, 3.63) is 63.6 Å². The minimum Gasteiger partial charge on any atom is -0.364 e. The van der Waals surface area contributed by atoms with Gasteiger partial charge in [-0.15, -0.1) is 0 Å². The minimum atomic E-state index is -1.07. The van der Waals surface area contributed by atoms with Gasteiger partial charge in [-0.25, -0.2) is 8.78 Å². The molecule has 0 unspecified atom stereocenters. The number of benzene rings is 1. The number of aromatic nitrogens is 1. The second-order valence-electron chi connectivity index (χ2n) is 3.98. The summed E-state index contributed by atoms with van der Waals surface area (Å²) in [5.41, 5.74) is 0.143. The van der Waals surface area contributed by atoms with Crippen LogP contribution in [0, 0.1) is 18.6 Å². The molecule has 2 aromatic rings. The quantitative estimate of drug-likeness (QED) is 0.873. The lowest BCUT2D eigenvalue weighted by Crippen LogP contribution is -2.21. The number of carbonyl (C=O) groups excluding carboxylic acids is 1. The summed E-state index contributed by atoms with van der Waals surface area (Å²) >= 11 is 0. The molecule has 1 aromatic carbocycles. The van der Waals surface area contributed by atoms with Gasteiger partial charge in [-0.2, -0.15) is 0 Å². The topological polar surface area (TPSA) is 62.0 Å². The second-order valence-corrected chi connectivity index (χ2v) is 3.98. The van der Waals surface area contributed by atoms with E-state index in [4.69, 9.17) is 0 Å². The lowest BCUT2D eigenvalue weighted by molar-refractivity contribution is 0.102. The van der Waals surface area contributed by atoms with Crippen molar-refractivity contribution in [3.63, 3.8) is 0 Å². The molecule has 2 N–H and O–H groups in total. The molecule has 0 spiro atoms. The zero-order valence-corrected chi connectivity index (χ0v) is 9.96. The molecule has 0 radical (unpaired) electrons. The van der Waals surface area contributed by atoms with E-state index >= 15 is 0 Å². The lowest BCUT2D eigenvalue weighted by atomic mass is 10.2. The number of pyridine rings is 1. The Morgan fingerprint density at radius 1 is 1.21 bits per heavy atom. The summed E-state index contributed by atoms with van der Waals surface area (Å²) in [5, 5.41) is 2.32. The average molecular weight is 264 g/mol. The van der Waals surface area contributed by atoms with E-state index in [1.54, 1.807) is 6.92 Å². The molecule has 2 rings (SSSR count). The normalized spacial score (nSPS) is 10.3. The highest BCUT2D eigenvalue weighted by molar-refractivity contribution is 6.03. The van der Waals surface area contributed by atoms with Gasteiger partial charge < -0.3 is 10.3 Å². The van der Waals surface area contributed by atoms with E-state index < -0.39 is 23.0 Å². The third-order valence-electron chi connectivity index (χ3n) is 2.48. The Hall–Kier alpha value is -2.50. The Bertz CT molecular complexity index is 695. The maximum absolute atomic E-state index is 13.0. The van der Waals surface area contributed by atoms with Crippen molar-refractivity contribution in [2.45, 2.75) is 6.92 Å². The number of hydrogen-bond acceptors (Lipinski definition) is 2. The standard InChI is InChI=1S/C13H10F2N2O2/c1-7-4-12(18)9(6-16-7)13(19)17-8-2-3-10(14)11(15)5-8/h2-6H,1H3,(H,16,18)(H,17,19). The second kappa shape index (κ2) is 5.01. The van der Waals surface area contributed by atoms with Gasteiger partial charge in [0.25, 0.3) is 5.91 Å². The smallest absolute Gasteiger partial charge is 0.261 e. The molecule has 98 valence electrons. The maximum atomic E-state index is 13.0. The summed E-state index contributed by atoms with van der Waals surface area (Å²) in [6.07, 6.45) is 1.27. The van der Waals surface area contributed by atoms with Crippen molar-refractivity contribution >= 4 is 11.6 Å². The van der Waals surface area contributed by atoms with E-state index in [1.165, 1.54) is 18.3 Å². The van der Waals surface area contributed by atoms with Crippen LogP contribution in [0.25, 0.3) is 0 Å². The number of amides is 1. The summed E-state index contributed by atoms with van der Waals surface area (Å²) in [4.78, 5) is 26.1. The van der Waals surface area contributed by atoms with Gasteiger partial charge >= 0.3 is 0 Å². The Balaban J connectivity index is 2.25. The fraction of sp³-hybridized carbons (Fsp3) is 0.0769. The number of nitrogens with one attached hydrogen (secondary N) is 2. The summed E-state index contributed by atoms with van der Waals surface area (Å²) in [6.45, 7) is 1.68. The van der Waals surface area contributed by atoms with Crippen LogP contribution in [0.1, 0.15) is 16.1 Å². The molecule has 1 heterocycles. The molecule has 0 fully saturated rings. The zero-order chi connectivity index (χ0) is 14.0. The number of aromatic amines is 1. The zero-order valence-electron chi connectivity index (χ0n) is 9.96. The van der Waals surface area contributed by atoms with Gasteiger partial charge in [0.15, 0.2) is 17.1 Å². The first-order chi connectivity index (χ1) is 8.97. The summed E-state index contributed by atoms with van der Waals surface area (Å²) in [5.74, 6) is -2.77. The molecule has 0 saturated heterocycles. The largest absolute Gasteiger partial charge is 0.364 e. The van der Waals surface area contributed by atoms with Crippen molar-refractivity contribution in [2.75, 3.05) is 5.32 Å². The van der Waals surface area contributed by atoms with Gasteiger partial charge in [0.2, 0.25) is 0 Å². The van der Waals surface area contributed by atoms with Gasteiger partial charge in [0.05, 0.1) is 0 Å². The van der Waals surface area contributed by atoms with Gasteiger partial charge in [0, 0.05) is 29.7 Å². The minimum absolute atomic E-state index is 0.0730. The SMILES string of the molecule is Cc1cc(=O)c(C(=O)Nc2ccc(F)c(F)c2)c[nH]1. The van der Waals surface area contributed by atoms with Crippen LogP contribution in [0.15, 0.2) is 35.3 Å². The van der Waals surface area contributed by atoms with E-state index in [-0.39, 0.29) is 11.3 Å². The van der Waals surface area contributed by atoms with Gasteiger partial charge in [-0.1, -0.05) is 0 Å². The number of H-pyrrole nitrogens is 1. The Labute approximate surface area is 107 Å². The van der Waals surface area contributed by atoms with Crippen molar-refractivity contribution in [1.29, 1.82) is 0 Å². The molecule has 0 atom stereocenters. The van der Waals surface area contributed by atoms with E-state index in [0.717, 1.165) is 12.1 Å². The van der Waals surface area contributed by atoms with Crippen LogP contribution in [-0.4, -0.2) is 10.9 Å². The molecule has 0 aliphatic heterocycles. The molecule has 4 nitrogen and oxygen atoms in total. The van der Waals surface area contributed by atoms with E-state index in [9.17, 15) is 18.4 Å². The number of halogens is 2. The fourth-order valence-electron chi connectivity index (χ4n) is 1.52. The van der Waals surface area contributed by atoms with Gasteiger partial charge in [-0.3, -0.25) is 9.59 Å². The molecule has 1 aromatic heterocycles. The average Bonchev–Trinajstić information content (AvgIpc) is 2.33. The Morgan fingerprint density at radius 2 is 1.95 bits per heavy atom. The van der Waals surface area contributed by atoms with Crippen LogP contribution in [0.4, 0.5) is 14.5 Å². The van der Waals surface area contributed by atoms with Crippen molar-refractivity contribution in [2.24, 2.45) is 0 Å². The lowest BCUT2D eigenvalue weighted by Gasteiger charge is -2.05. The van der Waals surface area contributed by atoms with Crippen LogP contribution in [-0.2, 0) is 0 Å². The van der Waals surface area contributed by atoms with Crippen molar-refractivity contribution in [3.8, 4) is 0 Å². The van der Waals surface area contributed by atoms with Crippen LogP contribution < -0.4 is 10.7 Å². The molecule has 1 amide bonds. The van der Waals surface area contributed by atoms with E-state index in [0.29, 0.717) is 5.69 Å². The first-order valence-corrected chi connectivity index (χ1v) is 5.43. The molecular formula is C13H10F2N2O2. The number of aryl methyl sites for hydroxylation is 1. The van der Waals surface area contributed by atoms with E-state index in [1.807, 2.05) is 0 Å². The van der Waals surface area contributed by atoms with E-state index in [2.05, 4.69) is 10.3 Å². The van der Waals surface area contributed by atoms with Crippen LogP contribution in [0.3, 0.4) is 0 Å². The van der Waals surface area contributed by atoms with Crippen molar-refractivity contribution < 1.29 is 13.6 Å². The highest BCUT2D eigenvalue weighted by Crippen LogP contribution is 2.13. The monoisotopic (exact) mass is 264 g/mol. The molecule has 0 aliphatic carbocycles. The molecular weight excluding hydrogens is 254 g/mol. The molecule has 0 saturated carbocycles. The number of anilines is 1. The first kappa shape index (κ1) is 12.9. The third kappa shape index (κ3) is 2.85. The van der Waals surface area contributed by atoms with Crippen molar-refractivity contribution in [1.82, 2.24) is 4.98 Å². The fourth-order valence-corrected chi connectivity index (χ4v) is 1.52. The predicted octanol–water partition coefficient (Wildman–Crippen LogP) is 2.21. The molecule has 0 aliphatic rings. The number of rotatable bonds is 2. The Morgan fingerprint density at radius 3 is 2.58 bits per heavy atom. The maximum Gasteiger partial charge on any atom is 0.261 e. The highest BCUT2D eigenvalue weighted by atomic mass is 19.2. The summed E-state index contributed by atoms with van der Waals surface area (Å²) < 4.78 is 25.7. The third-order valence-corrected chi connectivity index (χ3v) is 2.48. The number of hydrogen-bond donors (Lipinski definition) is 2. The summed E-state index contributed by atoms with van der Waals surface area (Å²) in [7, 11) is 0. The summed E-state index contributed by atoms with van der Waals surface area (Å²) in [6, 6.07) is 4.22. The predicted molar refractivity (Wildman–Crippen MR) is 66.1 cm³/mol. The van der Waals surface area contributed by atoms with Crippen LogP contribution in [0.2, 0.25) is 0 Å². The van der Waals surface area contributed by atoms with Gasteiger partial charge in [-0.05, 0) is 19.1 Å². The number of carbonyl (C=O) groups is 1. The molecule has 0 bridgehead atoms. The first-order valence-electron chi connectivity index (χ1n) is 5.43.